The first-order valence-electron chi connectivity index (χ1n) is 9.16. The molecule has 0 aliphatic carbocycles. The summed E-state index contributed by atoms with van der Waals surface area (Å²) in [5, 5.41) is 8.02. The fraction of sp³-hybridized carbons (Fsp3) is 0.933. The van der Waals surface area contributed by atoms with Crippen molar-refractivity contribution in [2.45, 2.75) is 55.7 Å². The molecule has 7 atom stereocenters. The standard InChI is InChI=1S/C15H28FN7OS/c1-8-11(22-4-2-3-5-22)15(25-21-8)19-14(24)10-12(17)20-23-7-9(16)6-18-13(10)23/h8-13,15,18,20-21H,2-7,17H2,1H3,(H,19,24). The maximum Gasteiger partial charge on any atom is 0.230 e. The summed E-state index contributed by atoms with van der Waals surface area (Å²) in [6.45, 7) is 4.85. The summed E-state index contributed by atoms with van der Waals surface area (Å²) in [7, 11) is 0. The van der Waals surface area contributed by atoms with Crippen molar-refractivity contribution in [3.05, 3.63) is 0 Å². The topological polar surface area (TPSA) is 97.7 Å². The van der Waals surface area contributed by atoms with Crippen molar-refractivity contribution < 1.29 is 9.18 Å². The molecule has 0 aromatic rings. The van der Waals surface area contributed by atoms with Crippen LogP contribution in [0.1, 0.15) is 19.8 Å². The Kier molecular flexibility index (Phi) is 5.20. The lowest BCUT2D eigenvalue weighted by atomic mass is 10.0. The predicted octanol–water partition coefficient (Wildman–Crippen LogP) is -1.48. The molecule has 6 N–H and O–H groups in total. The Morgan fingerprint density at radius 3 is 2.88 bits per heavy atom. The Hall–Kier alpha value is -0.490. The van der Waals surface area contributed by atoms with Crippen LogP contribution in [0.25, 0.3) is 0 Å². The average molecular weight is 374 g/mol. The summed E-state index contributed by atoms with van der Waals surface area (Å²) in [6, 6.07) is 0.605. The molecule has 1 amide bonds. The molecule has 0 bridgehead atoms. The third kappa shape index (κ3) is 3.41. The van der Waals surface area contributed by atoms with Crippen molar-refractivity contribution in [1.82, 2.24) is 30.7 Å². The Bertz CT molecular complexity index is 508. The van der Waals surface area contributed by atoms with Crippen LogP contribution in [0.4, 0.5) is 4.39 Å². The zero-order valence-electron chi connectivity index (χ0n) is 14.5. The van der Waals surface area contributed by atoms with Crippen LogP contribution in [0.2, 0.25) is 0 Å². The summed E-state index contributed by atoms with van der Waals surface area (Å²) < 4.78 is 17.0. The molecular weight excluding hydrogens is 345 g/mol. The number of hydrogen-bond donors (Lipinski definition) is 5. The van der Waals surface area contributed by atoms with Crippen LogP contribution < -0.4 is 26.5 Å². The predicted molar refractivity (Wildman–Crippen MR) is 94.7 cm³/mol. The van der Waals surface area contributed by atoms with Crippen LogP contribution in [0.5, 0.6) is 0 Å². The lowest BCUT2D eigenvalue weighted by Crippen LogP contribution is -2.59. The lowest BCUT2D eigenvalue weighted by molar-refractivity contribution is -0.127. The molecule has 4 fully saturated rings. The smallest absolute Gasteiger partial charge is 0.230 e. The second-order valence-electron chi connectivity index (χ2n) is 7.47. The van der Waals surface area contributed by atoms with Crippen LogP contribution in [0.3, 0.4) is 0 Å². The number of nitrogens with two attached hydrogens (primary N) is 1. The SMILES string of the molecule is CC1NSC(NC(=O)C2C(N)NN3CC(F)CNC23)C1N1CCCC1. The van der Waals surface area contributed by atoms with Crippen molar-refractivity contribution >= 4 is 17.9 Å². The van der Waals surface area contributed by atoms with E-state index < -0.39 is 18.3 Å². The molecule has 4 rings (SSSR count). The Labute approximate surface area is 151 Å². The number of amides is 1. The van der Waals surface area contributed by atoms with E-state index in [-0.39, 0.29) is 36.6 Å². The number of hydrogen-bond acceptors (Lipinski definition) is 8. The quantitative estimate of drug-likeness (QED) is 0.382. The number of carbonyl (C=O) groups excluding carboxylic acids is 1. The molecule has 7 unspecified atom stereocenters. The van der Waals surface area contributed by atoms with E-state index >= 15 is 0 Å². The Morgan fingerprint density at radius 2 is 2.12 bits per heavy atom. The zero-order valence-corrected chi connectivity index (χ0v) is 15.3. The molecule has 0 aromatic heterocycles. The van der Waals surface area contributed by atoms with Crippen LogP contribution in [0, 0.1) is 5.92 Å². The molecule has 142 valence electrons. The van der Waals surface area contributed by atoms with Gasteiger partial charge in [0.2, 0.25) is 5.91 Å². The number of likely N-dealkylation sites (tertiary alicyclic amines) is 1. The zero-order chi connectivity index (χ0) is 17.6. The maximum atomic E-state index is 13.6. The minimum atomic E-state index is -0.951. The van der Waals surface area contributed by atoms with Crippen molar-refractivity contribution in [1.29, 1.82) is 0 Å². The fourth-order valence-electron chi connectivity index (χ4n) is 4.46. The molecule has 0 spiro atoms. The maximum absolute atomic E-state index is 13.6. The third-order valence-electron chi connectivity index (χ3n) is 5.67. The fourth-order valence-corrected chi connectivity index (χ4v) is 5.68. The monoisotopic (exact) mass is 373 g/mol. The Morgan fingerprint density at radius 1 is 1.36 bits per heavy atom. The number of fused-ring (bicyclic) bond motifs is 1. The van der Waals surface area contributed by atoms with Gasteiger partial charge in [-0.2, -0.15) is 0 Å². The van der Waals surface area contributed by atoms with Crippen LogP contribution in [0.15, 0.2) is 0 Å². The molecule has 4 aliphatic rings. The summed E-state index contributed by atoms with van der Waals surface area (Å²) >= 11 is 1.58. The van der Waals surface area contributed by atoms with Crippen molar-refractivity contribution in [2.24, 2.45) is 11.7 Å². The van der Waals surface area contributed by atoms with Crippen molar-refractivity contribution in [3.63, 3.8) is 0 Å². The van der Waals surface area contributed by atoms with E-state index in [2.05, 4.69) is 32.6 Å². The van der Waals surface area contributed by atoms with Gasteiger partial charge in [0.05, 0.1) is 24.3 Å². The molecule has 25 heavy (non-hydrogen) atoms. The van der Waals surface area contributed by atoms with E-state index in [9.17, 15) is 9.18 Å². The third-order valence-corrected chi connectivity index (χ3v) is 6.83. The van der Waals surface area contributed by atoms with Gasteiger partial charge in [-0.3, -0.25) is 19.7 Å². The average Bonchev–Trinajstić information content (AvgIpc) is 3.26. The van der Waals surface area contributed by atoms with E-state index in [1.807, 2.05) is 0 Å². The molecule has 4 saturated heterocycles. The summed E-state index contributed by atoms with van der Waals surface area (Å²) in [4.78, 5) is 15.4. The minimum absolute atomic E-state index is 0.000589. The van der Waals surface area contributed by atoms with E-state index in [0.29, 0.717) is 6.04 Å². The first-order chi connectivity index (χ1) is 12.0. The lowest BCUT2D eigenvalue weighted by Gasteiger charge is -2.35. The number of alkyl halides is 1. The van der Waals surface area contributed by atoms with Gasteiger partial charge in [-0.1, -0.05) is 11.9 Å². The molecular formula is C15H28FN7OS. The van der Waals surface area contributed by atoms with E-state index in [1.165, 1.54) is 12.8 Å². The number of hydrazine groups is 1. The number of rotatable bonds is 3. The highest BCUT2D eigenvalue weighted by Crippen LogP contribution is 2.30. The van der Waals surface area contributed by atoms with Gasteiger partial charge in [0, 0.05) is 19.1 Å². The summed E-state index contributed by atoms with van der Waals surface area (Å²) in [5.74, 6) is -0.516. The first-order valence-corrected chi connectivity index (χ1v) is 10.0. The molecule has 0 aromatic carbocycles. The second-order valence-corrected chi connectivity index (χ2v) is 8.45. The summed E-state index contributed by atoms with van der Waals surface area (Å²) in [6.07, 6.45) is 0.718. The van der Waals surface area contributed by atoms with Gasteiger partial charge in [-0.25, -0.2) is 14.8 Å². The highest BCUT2D eigenvalue weighted by molar-refractivity contribution is 7.98. The summed E-state index contributed by atoms with van der Waals surface area (Å²) in [5.41, 5.74) is 9.17. The van der Waals surface area contributed by atoms with Gasteiger partial charge < -0.3 is 11.1 Å². The second kappa shape index (κ2) is 7.26. The highest BCUT2D eigenvalue weighted by atomic mass is 32.2. The minimum Gasteiger partial charge on any atom is -0.341 e. The van der Waals surface area contributed by atoms with Crippen molar-refractivity contribution in [3.8, 4) is 0 Å². The molecule has 4 aliphatic heterocycles. The van der Waals surface area contributed by atoms with E-state index in [0.717, 1.165) is 13.1 Å². The van der Waals surface area contributed by atoms with Crippen molar-refractivity contribution in [2.75, 3.05) is 26.2 Å². The normalized spacial score (nSPS) is 45.6. The van der Waals surface area contributed by atoms with E-state index in [4.69, 9.17) is 5.73 Å². The van der Waals surface area contributed by atoms with Gasteiger partial charge in [-0.15, -0.1) is 0 Å². The molecule has 10 heteroatoms. The van der Waals surface area contributed by atoms with Crippen LogP contribution in [-0.2, 0) is 4.79 Å². The molecule has 4 heterocycles. The number of nitrogens with one attached hydrogen (secondary N) is 4. The van der Waals surface area contributed by atoms with Crippen LogP contribution in [-0.4, -0.2) is 78.0 Å². The van der Waals surface area contributed by atoms with Gasteiger partial charge in [0.15, 0.2) is 0 Å². The number of nitrogens with zero attached hydrogens (tertiary/aromatic N) is 2. The van der Waals surface area contributed by atoms with Gasteiger partial charge in [0.1, 0.15) is 11.5 Å². The largest absolute Gasteiger partial charge is 0.341 e. The Balaban J connectivity index is 1.42. The molecule has 8 nitrogen and oxygen atoms in total. The molecule has 0 saturated carbocycles. The van der Waals surface area contributed by atoms with E-state index in [1.54, 1.807) is 17.0 Å². The van der Waals surface area contributed by atoms with Gasteiger partial charge >= 0.3 is 0 Å². The first kappa shape index (κ1) is 17.9. The number of carbonyl (C=O) groups is 1. The highest BCUT2D eigenvalue weighted by Gasteiger charge is 2.48. The van der Waals surface area contributed by atoms with Gasteiger partial charge in [0.25, 0.3) is 0 Å². The van der Waals surface area contributed by atoms with Gasteiger partial charge in [-0.05, 0) is 32.9 Å². The number of halogens is 1. The molecule has 0 radical (unpaired) electrons. The van der Waals surface area contributed by atoms with Crippen LogP contribution >= 0.6 is 11.9 Å².